The molecule has 0 amide bonds. The molecule has 0 spiro atoms. The number of piperidine rings is 1. The van der Waals surface area contributed by atoms with E-state index in [0.717, 1.165) is 19.6 Å². The van der Waals surface area contributed by atoms with Crippen molar-refractivity contribution in [1.82, 2.24) is 4.90 Å². The number of hydrogen-bond donors (Lipinski definition) is 0. The van der Waals surface area contributed by atoms with Gasteiger partial charge >= 0.3 is 0 Å². The average Bonchev–Trinajstić information content (AvgIpc) is 2.47. The molecule has 3 atom stereocenters. The maximum atomic E-state index is 11.4. The van der Waals surface area contributed by atoms with Crippen molar-refractivity contribution in [3.05, 3.63) is 0 Å². The van der Waals surface area contributed by atoms with Gasteiger partial charge in [-0.25, -0.2) is 0 Å². The molecule has 0 N–H and O–H groups in total. The Bertz CT molecular complexity index is 266. The summed E-state index contributed by atoms with van der Waals surface area (Å²) >= 11 is 0. The van der Waals surface area contributed by atoms with E-state index in [1.807, 2.05) is 0 Å². The van der Waals surface area contributed by atoms with E-state index in [0.29, 0.717) is 24.7 Å². The number of carbonyl (C=O) groups is 1. The molecule has 3 unspecified atom stereocenters. The van der Waals surface area contributed by atoms with Crippen LogP contribution in [0.15, 0.2) is 0 Å². The minimum absolute atomic E-state index is 0.139. The van der Waals surface area contributed by atoms with Gasteiger partial charge < -0.3 is 4.74 Å². The molecule has 0 bridgehead atoms. The molecule has 0 aliphatic carbocycles. The summed E-state index contributed by atoms with van der Waals surface area (Å²) in [5, 5.41) is 0. The van der Waals surface area contributed by atoms with Crippen LogP contribution in [0.5, 0.6) is 0 Å². The van der Waals surface area contributed by atoms with Crippen LogP contribution in [-0.2, 0) is 9.53 Å². The summed E-state index contributed by atoms with van der Waals surface area (Å²) in [5.74, 6) is 0.411. The normalized spacial score (nSPS) is 43.5. The highest BCUT2D eigenvalue weighted by molar-refractivity contribution is 5.79. The Labute approximate surface area is 91.8 Å². The number of Topliss-reactive ketones (excluding diaryl/α,β-unsaturated/α-hetero) is 1. The predicted molar refractivity (Wildman–Crippen MR) is 58.8 cm³/mol. The first-order valence-electron chi connectivity index (χ1n) is 5.94. The Kier molecular flexibility index (Phi) is 2.86. The summed E-state index contributed by atoms with van der Waals surface area (Å²) in [6.45, 7) is 8.35. The predicted octanol–water partition coefficient (Wildman–Crippen LogP) is 1.61. The molecule has 3 nitrogen and oxygen atoms in total. The van der Waals surface area contributed by atoms with Gasteiger partial charge in [0.25, 0.3) is 0 Å². The largest absolute Gasteiger partial charge is 0.377 e. The number of nitrogens with zero attached hydrogens (tertiary/aromatic N) is 1. The van der Waals surface area contributed by atoms with Crippen LogP contribution in [-0.4, -0.2) is 41.5 Å². The number of carbonyl (C=O) groups excluding carboxylic acids is 1. The Morgan fingerprint density at radius 2 is 2.20 bits per heavy atom. The van der Waals surface area contributed by atoms with E-state index in [9.17, 15) is 4.79 Å². The Morgan fingerprint density at radius 1 is 1.47 bits per heavy atom. The van der Waals surface area contributed by atoms with Gasteiger partial charge in [-0.15, -0.1) is 0 Å². The second-order valence-corrected chi connectivity index (χ2v) is 5.16. The molecule has 86 valence electrons. The summed E-state index contributed by atoms with van der Waals surface area (Å²) in [6.07, 6.45) is 2.80. The second kappa shape index (κ2) is 3.87. The minimum atomic E-state index is 0.139. The van der Waals surface area contributed by atoms with Gasteiger partial charge in [0.05, 0.1) is 6.10 Å². The van der Waals surface area contributed by atoms with Gasteiger partial charge in [0.2, 0.25) is 0 Å². The van der Waals surface area contributed by atoms with Gasteiger partial charge in [-0.2, -0.15) is 0 Å². The molecule has 2 aliphatic rings. The molecule has 3 heteroatoms. The monoisotopic (exact) mass is 211 g/mol. The fourth-order valence-corrected chi connectivity index (χ4v) is 2.97. The lowest BCUT2D eigenvalue weighted by molar-refractivity contribution is -0.125. The van der Waals surface area contributed by atoms with E-state index in [4.69, 9.17) is 4.74 Å². The zero-order valence-corrected chi connectivity index (χ0v) is 9.95. The van der Waals surface area contributed by atoms with Crippen LogP contribution in [0.1, 0.15) is 40.0 Å². The summed E-state index contributed by atoms with van der Waals surface area (Å²) in [6, 6.07) is 0.375. The first kappa shape index (κ1) is 11.1. The van der Waals surface area contributed by atoms with Crippen molar-refractivity contribution in [3.8, 4) is 0 Å². The van der Waals surface area contributed by atoms with Crippen molar-refractivity contribution in [1.29, 1.82) is 0 Å². The van der Waals surface area contributed by atoms with Gasteiger partial charge in [0.15, 0.2) is 0 Å². The van der Waals surface area contributed by atoms with Crippen LogP contribution in [0, 0.1) is 0 Å². The first-order valence-corrected chi connectivity index (χ1v) is 5.94. The fraction of sp³-hybridized carbons (Fsp3) is 0.917. The smallest absolute Gasteiger partial charge is 0.135 e. The highest BCUT2D eigenvalue weighted by Gasteiger charge is 2.45. The van der Waals surface area contributed by atoms with Crippen LogP contribution in [0.3, 0.4) is 0 Å². The second-order valence-electron chi connectivity index (χ2n) is 5.16. The molecular formula is C12H21NO2. The third kappa shape index (κ3) is 1.83. The molecule has 2 aliphatic heterocycles. The van der Waals surface area contributed by atoms with Crippen molar-refractivity contribution in [2.45, 2.75) is 57.7 Å². The molecule has 0 aromatic rings. The topological polar surface area (TPSA) is 29.5 Å². The molecule has 2 saturated heterocycles. The van der Waals surface area contributed by atoms with E-state index in [2.05, 4.69) is 25.7 Å². The average molecular weight is 211 g/mol. The van der Waals surface area contributed by atoms with E-state index < -0.39 is 0 Å². The van der Waals surface area contributed by atoms with Crippen LogP contribution in [0.2, 0.25) is 0 Å². The highest BCUT2D eigenvalue weighted by atomic mass is 16.5. The Morgan fingerprint density at radius 3 is 2.73 bits per heavy atom. The van der Waals surface area contributed by atoms with E-state index in [-0.39, 0.29) is 11.6 Å². The summed E-state index contributed by atoms with van der Waals surface area (Å²) in [5.41, 5.74) is 0.139. The number of hydrogen-bond acceptors (Lipinski definition) is 3. The fourth-order valence-electron chi connectivity index (χ4n) is 2.97. The quantitative estimate of drug-likeness (QED) is 0.660. The lowest BCUT2D eigenvalue weighted by atomic mass is 9.87. The van der Waals surface area contributed by atoms with E-state index >= 15 is 0 Å². The SMILES string of the molecule is CC1CC(=O)CCN1C1(C)CCOC1C. The highest BCUT2D eigenvalue weighted by Crippen LogP contribution is 2.35. The molecule has 2 heterocycles. The molecule has 0 aromatic heterocycles. The lowest BCUT2D eigenvalue weighted by Gasteiger charge is -2.46. The van der Waals surface area contributed by atoms with Crippen LogP contribution in [0.25, 0.3) is 0 Å². The molecule has 0 radical (unpaired) electrons. The van der Waals surface area contributed by atoms with Crippen molar-refractivity contribution < 1.29 is 9.53 Å². The Balaban J connectivity index is 2.12. The zero-order valence-electron chi connectivity index (χ0n) is 9.95. The summed E-state index contributed by atoms with van der Waals surface area (Å²) in [7, 11) is 0. The van der Waals surface area contributed by atoms with Crippen LogP contribution >= 0.6 is 0 Å². The van der Waals surface area contributed by atoms with Gasteiger partial charge in [0.1, 0.15) is 5.78 Å². The van der Waals surface area contributed by atoms with Gasteiger partial charge in [0, 0.05) is 37.6 Å². The third-order valence-corrected chi connectivity index (χ3v) is 4.19. The van der Waals surface area contributed by atoms with Crippen LogP contribution < -0.4 is 0 Å². The van der Waals surface area contributed by atoms with Crippen LogP contribution in [0.4, 0.5) is 0 Å². The molecule has 2 rings (SSSR count). The van der Waals surface area contributed by atoms with Crippen molar-refractivity contribution in [2.24, 2.45) is 0 Å². The van der Waals surface area contributed by atoms with E-state index in [1.165, 1.54) is 0 Å². The van der Waals surface area contributed by atoms with Gasteiger partial charge in [-0.3, -0.25) is 9.69 Å². The lowest BCUT2D eigenvalue weighted by Crippen LogP contribution is -2.57. The van der Waals surface area contributed by atoms with Gasteiger partial charge in [-0.1, -0.05) is 0 Å². The molecule has 2 fully saturated rings. The maximum Gasteiger partial charge on any atom is 0.135 e. The number of ether oxygens (including phenoxy) is 1. The minimum Gasteiger partial charge on any atom is -0.377 e. The van der Waals surface area contributed by atoms with Crippen molar-refractivity contribution >= 4 is 5.78 Å². The van der Waals surface area contributed by atoms with Crippen molar-refractivity contribution in [3.63, 3.8) is 0 Å². The maximum absolute atomic E-state index is 11.4. The number of ketones is 1. The number of rotatable bonds is 1. The summed E-state index contributed by atoms with van der Waals surface area (Å²) < 4.78 is 5.67. The summed E-state index contributed by atoms with van der Waals surface area (Å²) in [4.78, 5) is 13.8. The third-order valence-electron chi connectivity index (χ3n) is 4.19. The molecule has 0 aromatic carbocycles. The standard InChI is InChI=1S/C12H21NO2/c1-9-8-11(14)4-6-13(9)12(3)5-7-15-10(12)2/h9-10H,4-8H2,1-3H3. The van der Waals surface area contributed by atoms with Gasteiger partial charge in [-0.05, 0) is 27.2 Å². The molecule has 0 saturated carbocycles. The molecule has 15 heavy (non-hydrogen) atoms. The van der Waals surface area contributed by atoms with Crippen molar-refractivity contribution in [2.75, 3.05) is 13.2 Å². The molecular weight excluding hydrogens is 190 g/mol. The van der Waals surface area contributed by atoms with E-state index in [1.54, 1.807) is 0 Å². The Hall–Kier alpha value is -0.410. The zero-order chi connectivity index (χ0) is 11.1. The first-order chi connectivity index (χ1) is 7.04. The number of likely N-dealkylation sites (tertiary alicyclic amines) is 1.